The highest BCUT2D eigenvalue weighted by atomic mass is 32.2. The normalized spacial score (nSPS) is 16.0. The largest absolute Gasteiger partial charge is 0.387 e. The van der Waals surface area contributed by atoms with Gasteiger partial charge >= 0.3 is 0 Å². The molecule has 0 fully saturated rings. The van der Waals surface area contributed by atoms with E-state index in [1.807, 2.05) is 68.4 Å². The van der Waals surface area contributed by atoms with Gasteiger partial charge in [0.1, 0.15) is 0 Å². The SMILES string of the molecule is C=C(S(=O)c1ccc(C)cc1)C(C)(CCCC)C(O)c1ccccc1. The number of hydrogen-bond acceptors (Lipinski definition) is 2. The molecule has 3 heteroatoms. The molecule has 2 nitrogen and oxygen atoms in total. The fraction of sp³-hybridized carbons (Fsp3) is 0.364. The van der Waals surface area contributed by atoms with Crippen LogP contribution in [-0.4, -0.2) is 9.32 Å². The lowest BCUT2D eigenvalue weighted by atomic mass is 9.76. The second kappa shape index (κ2) is 8.59. The van der Waals surface area contributed by atoms with E-state index < -0.39 is 22.3 Å². The smallest absolute Gasteiger partial charge is 0.0889 e. The Morgan fingerprint density at radius 1 is 1.16 bits per heavy atom. The van der Waals surface area contributed by atoms with E-state index in [0.29, 0.717) is 4.91 Å². The predicted octanol–water partition coefficient (Wildman–Crippen LogP) is 5.55. The first-order valence-electron chi connectivity index (χ1n) is 8.81. The Bertz CT molecular complexity index is 721. The zero-order valence-corrected chi connectivity index (χ0v) is 16.2. The van der Waals surface area contributed by atoms with Crippen LogP contribution in [0.15, 0.2) is 71.0 Å². The number of benzene rings is 2. The molecule has 0 aliphatic heterocycles. The molecule has 3 atom stereocenters. The molecule has 0 saturated heterocycles. The predicted molar refractivity (Wildman–Crippen MR) is 106 cm³/mol. The number of hydrogen-bond donors (Lipinski definition) is 1. The quantitative estimate of drug-likeness (QED) is 0.673. The Labute approximate surface area is 154 Å². The van der Waals surface area contributed by atoms with Crippen LogP contribution in [0, 0.1) is 12.3 Å². The monoisotopic (exact) mass is 356 g/mol. The maximum Gasteiger partial charge on any atom is 0.0889 e. The topological polar surface area (TPSA) is 37.3 Å². The Kier molecular flexibility index (Phi) is 6.74. The summed E-state index contributed by atoms with van der Waals surface area (Å²) >= 11 is 0. The minimum absolute atomic E-state index is 0.584. The van der Waals surface area contributed by atoms with Crippen LogP contribution in [0.1, 0.15) is 50.3 Å². The standard InChI is InChI=1S/C22H28O2S/c1-5-6-16-22(4,21(23)19-10-8-7-9-11-19)18(3)25(24)20-14-12-17(2)13-15-20/h7-15,21,23H,3,5-6,16H2,1-2,4H3. The van der Waals surface area contributed by atoms with Gasteiger partial charge in [-0.05, 0) is 31.0 Å². The summed E-state index contributed by atoms with van der Waals surface area (Å²) in [5.74, 6) is 0. The maximum atomic E-state index is 13.1. The lowest BCUT2D eigenvalue weighted by Gasteiger charge is -2.36. The van der Waals surface area contributed by atoms with Gasteiger partial charge in [-0.3, -0.25) is 0 Å². The first-order valence-corrected chi connectivity index (χ1v) is 9.96. The first kappa shape index (κ1) is 19.6. The zero-order valence-electron chi connectivity index (χ0n) is 15.4. The Balaban J connectivity index is 2.36. The molecular formula is C22H28O2S. The summed E-state index contributed by atoms with van der Waals surface area (Å²) in [5, 5.41) is 11.1. The summed E-state index contributed by atoms with van der Waals surface area (Å²) in [6.07, 6.45) is 1.98. The van der Waals surface area contributed by atoms with Crippen molar-refractivity contribution >= 4 is 10.8 Å². The molecule has 0 bridgehead atoms. The van der Waals surface area contributed by atoms with Crippen molar-refractivity contribution in [2.75, 3.05) is 0 Å². The van der Waals surface area contributed by atoms with E-state index in [9.17, 15) is 9.32 Å². The molecule has 134 valence electrons. The van der Waals surface area contributed by atoms with E-state index in [2.05, 4.69) is 13.5 Å². The second-order valence-electron chi connectivity index (χ2n) is 6.84. The Hall–Kier alpha value is -1.71. The van der Waals surface area contributed by atoms with Crippen molar-refractivity contribution in [3.05, 3.63) is 77.2 Å². The number of aryl methyl sites for hydroxylation is 1. The van der Waals surface area contributed by atoms with Crippen LogP contribution in [-0.2, 0) is 10.8 Å². The summed E-state index contributed by atoms with van der Waals surface area (Å²) < 4.78 is 13.1. The minimum Gasteiger partial charge on any atom is -0.387 e. The molecule has 1 N–H and O–H groups in total. The van der Waals surface area contributed by atoms with Crippen molar-refractivity contribution in [2.24, 2.45) is 5.41 Å². The van der Waals surface area contributed by atoms with Gasteiger partial charge in [0.25, 0.3) is 0 Å². The number of rotatable bonds is 8. The third kappa shape index (κ3) is 4.47. The van der Waals surface area contributed by atoms with Gasteiger partial charge < -0.3 is 5.11 Å². The average molecular weight is 357 g/mol. The number of aliphatic hydroxyl groups excluding tert-OH is 1. The molecular weight excluding hydrogens is 328 g/mol. The third-order valence-corrected chi connectivity index (χ3v) is 6.48. The van der Waals surface area contributed by atoms with Crippen molar-refractivity contribution in [1.29, 1.82) is 0 Å². The molecule has 0 aliphatic rings. The summed E-state index contributed by atoms with van der Waals surface area (Å²) in [7, 11) is -1.36. The highest BCUT2D eigenvalue weighted by Crippen LogP contribution is 2.46. The van der Waals surface area contributed by atoms with E-state index >= 15 is 0 Å². The van der Waals surface area contributed by atoms with Crippen LogP contribution in [0.3, 0.4) is 0 Å². The van der Waals surface area contributed by atoms with Gasteiger partial charge in [0.2, 0.25) is 0 Å². The van der Waals surface area contributed by atoms with Gasteiger partial charge in [-0.2, -0.15) is 0 Å². The van der Waals surface area contributed by atoms with E-state index in [0.717, 1.165) is 35.3 Å². The lowest BCUT2D eigenvalue weighted by molar-refractivity contribution is 0.0595. The molecule has 0 heterocycles. The third-order valence-electron chi connectivity index (χ3n) is 4.86. The molecule has 0 spiro atoms. The fourth-order valence-electron chi connectivity index (χ4n) is 2.99. The van der Waals surface area contributed by atoms with E-state index in [1.165, 1.54) is 0 Å². The summed E-state index contributed by atoms with van der Waals surface area (Å²) in [6.45, 7) is 10.3. The molecule has 0 saturated carbocycles. The molecule has 2 aromatic rings. The van der Waals surface area contributed by atoms with Crippen LogP contribution < -0.4 is 0 Å². The minimum atomic E-state index is -1.36. The van der Waals surface area contributed by atoms with Crippen molar-refractivity contribution in [3.63, 3.8) is 0 Å². The van der Waals surface area contributed by atoms with Crippen LogP contribution >= 0.6 is 0 Å². The van der Waals surface area contributed by atoms with Crippen molar-refractivity contribution in [1.82, 2.24) is 0 Å². The molecule has 0 amide bonds. The van der Waals surface area contributed by atoms with Crippen LogP contribution in [0.2, 0.25) is 0 Å². The molecule has 3 unspecified atom stereocenters. The highest BCUT2D eigenvalue weighted by molar-refractivity contribution is 7.89. The molecule has 2 rings (SSSR count). The van der Waals surface area contributed by atoms with E-state index in [1.54, 1.807) is 0 Å². The second-order valence-corrected chi connectivity index (χ2v) is 8.34. The Morgan fingerprint density at radius 3 is 2.32 bits per heavy atom. The van der Waals surface area contributed by atoms with E-state index in [4.69, 9.17) is 0 Å². The van der Waals surface area contributed by atoms with Crippen molar-refractivity contribution in [2.45, 2.75) is 51.0 Å². The van der Waals surface area contributed by atoms with Crippen molar-refractivity contribution < 1.29 is 9.32 Å². The maximum absolute atomic E-state index is 13.1. The van der Waals surface area contributed by atoms with Crippen molar-refractivity contribution in [3.8, 4) is 0 Å². The zero-order chi connectivity index (χ0) is 18.4. The van der Waals surface area contributed by atoms with Crippen LogP contribution in [0.4, 0.5) is 0 Å². The summed E-state index contributed by atoms with van der Waals surface area (Å²) in [5.41, 5.74) is 1.32. The highest BCUT2D eigenvalue weighted by Gasteiger charge is 2.39. The molecule has 0 radical (unpaired) electrons. The van der Waals surface area contributed by atoms with Crippen LogP contribution in [0.5, 0.6) is 0 Å². The van der Waals surface area contributed by atoms with Gasteiger partial charge in [-0.15, -0.1) is 0 Å². The van der Waals surface area contributed by atoms with Gasteiger partial charge in [-0.25, -0.2) is 4.21 Å². The summed E-state index contributed by atoms with van der Waals surface area (Å²) in [4.78, 5) is 1.32. The first-order chi connectivity index (χ1) is 11.9. The Morgan fingerprint density at radius 2 is 1.76 bits per heavy atom. The van der Waals surface area contributed by atoms with Gasteiger partial charge in [0.15, 0.2) is 0 Å². The molecule has 25 heavy (non-hydrogen) atoms. The number of aliphatic hydroxyl groups is 1. The van der Waals surface area contributed by atoms with E-state index in [-0.39, 0.29) is 0 Å². The van der Waals surface area contributed by atoms with Gasteiger partial charge in [-0.1, -0.05) is 81.3 Å². The molecule has 2 aromatic carbocycles. The molecule has 0 aromatic heterocycles. The molecule has 0 aliphatic carbocycles. The van der Waals surface area contributed by atoms with Crippen LogP contribution in [0.25, 0.3) is 0 Å². The number of unbranched alkanes of at least 4 members (excludes halogenated alkanes) is 1. The average Bonchev–Trinajstić information content (AvgIpc) is 2.65. The fourth-order valence-corrected chi connectivity index (χ4v) is 4.30. The van der Waals surface area contributed by atoms with Gasteiger partial charge in [0.05, 0.1) is 16.9 Å². The lowest BCUT2D eigenvalue weighted by Crippen LogP contribution is -2.29. The van der Waals surface area contributed by atoms with Gasteiger partial charge in [0, 0.05) is 15.2 Å². The summed E-state index contributed by atoms with van der Waals surface area (Å²) in [6, 6.07) is 17.3.